The minimum Gasteiger partial charge on any atom is -0.307 e. The minimum absolute atomic E-state index is 0.0450. The summed E-state index contributed by atoms with van der Waals surface area (Å²) >= 11 is 5.98. The summed E-state index contributed by atoms with van der Waals surface area (Å²) in [6.45, 7) is 13.4. The Hall–Kier alpha value is -1.09. The number of hydrogen-bond donors (Lipinski definition) is 0. The summed E-state index contributed by atoms with van der Waals surface area (Å²) in [7, 11) is 0. The van der Waals surface area contributed by atoms with Gasteiger partial charge in [0.1, 0.15) is 11.3 Å². The molecule has 0 N–H and O–H groups in total. The molecule has 4 heteroatoms. The second-order valence-corrected chi connectivity index (χ2v) is 8.09. The van der Waals surface area contributed by atoms with Crippen molar-refractivity contribution in [1.29, 1.82) is 0 Å². The Morgan fingerprint density at radius 2 is 1.86 bits per heavy atom. The molecular formula is C17H26ClN3. The van der Waals surface area contributed by atoms with Crippen LogP contribution in [-0.4, -0.2) is 20.4 Å². The summed E-state index contributed by atoms with van der Waals surface area (Å²) in [5, 5.41) is 0. The van der Waals surface area contributed by atoms with Crippen LogP contribution in [0.1, 0.15) is 52.4 Å². The molecule has 2 rings (SSSR count). The van der Waals surface area contributed by atoms with Crippen molar-refractivity contribution in [1.82, 2.24) is 14.5 Å². The van der Waals surface area contributed by atoms with Gasteiger partial charge in [0.05, 0.1) is 0 Å². The molecule has 0 aliphatic carbocycles. The lowest BCUT2D eigenvalue weighted by Gasteiger charge is -2.35. The lowest BCUT2D eigenvalue weighted by Crippen LogP contribution is -2.33. The molecule has 0 atom stereocenters. The fraction of sp³-hybridized carbons (Fsp3) is 0.647. The van der Waals surface area contributed by atoms with Crippen LogP contribution in [0, 0.1) is 12.3 Å². The first kappa shape index (κ1) is 16.3. The van der Waals surface area contributed by atoms with Crippen molar-refractivity contribution in [3.05, 3.63) is 23.7 Å². The normalized spacial score (nSPS) is 13.1. The third kappa shape index (κ3) is 3.57. The molecule has 0 radical (unpaired) electrons. The smallest absolute Gasteiger partial charge is 0.160 e. The summed E-state index contributed by atoms with van der Waals surface area (Å²) in [5.74, 6) is 1.61. The van der Waals surface area contributed by atoms with Crippen molar-refractivity contribution >= 4 is 22.8 Å². The predicted octanol–water partition coefficient (Wildman–Crippen LogP) is 4.69. The van der Waals surface area contributed by atoms with Crippen molar-refractivity contribution < 1.29 is 0 Å². The molecule has 0 aliphatic heterocycles. The average Bonchev–Trinajstić information content (AvgIpc) is 2.63. The molecule has 0 spiro atoms. The maximum absolute atomic E-state index is 5.98. The second kappa shape index (κ2) is 5.60. The first-order valence-corrected chi connectivity index (χ1v) is 8.08. The van der Waals surface area contributed by atoms with Gasteiger partial charge < -0.3 is 4.57 Å². The first-order chi connectivity index (χ1) is 9.64. The van der Waals surface area contributed by atoms with E-state index in [2.05, 4.69) is 50.2 Å². The van der Waals surface area contributed by atoms with E-state index in [1.165, 1.54) is 0 Å². The monoisotopic (exact) mass is 307 g/mol. The van der Waals surface area contributed by atoms with Crippen LogP contribution in [-0.2, 0) is 12.0 Å². The van der Waals surface area contributed by atoms with Gasteiger partial charge in [-0.1, -0.05) is 20.8 Å². The first-order valence-electron chi connectivity index (χ1n) is 7.54. The van der Waals surface area contributed by atoms with E-state index in [9.17, 15) is 0 Å². The Bertz CT molecular complexity index is 635. The maximum Gasteiger partial charge on any atom is 0.160 e. The molecule has 0 saturated heterocycles. The molecule has 0 amide bonds. The van der Waals surface area contributed by atoms with E-state index in [-0.39, 0.29) is 11.0 Å². The highest BCUT2D eigenvalue weighted by Gasteiger charge is 2.31. The Morgan fingerprint density at radius 3 is 2.43 bits per heavy atom. The number of hydrogen-bond acceptors (Lipinski definition) is 2. The third-order valence-electron chi connectivity index (χ3n) is 3.59. The zero-order valence-electron chi connectivity index (χ0n) is 14.0. The molecule has 0 aromatic carbocycles. The van der Waals surface area contributed by atoms with E-state index >= 15 is 0 Å². The SMILES string of the molecule is Cc1cnc2c(c1)nc(CCCl)n2C(C)(C)CC(C)(C)C. The van der Waals surface area contributed by atoms with E-state index in [4.69, 9.17) is 16.6 Å². The van der Waals surface area contributed by atoms with Gasteiger partial charge in [-0.3, -0.25) is 0 Å². The van der Waals surface area contributed by atoms with Gasteiger partial charge in [-0.05, 0) is 44.2 Å². The van der Waals surface area contributed by atoms with Gasteiger partial charge in [0, 0.05) is 24.0 Å². The second-order valence-electron chi connectivity index (χ2n) is 7.71. The zero-order chi connectivity index (χ0) is 15.8. The Morgan fingerprint density at radius 1 is 1.19 bits per heavy atom. The molecular weight excluding hydrogens is 282 g/mol. The summed E-state index contributed by atoms with van der Waals surface area (Å²) in [6.07, 6.45) is 3.74. The van der Waals surface area contributed by atoms with Crippen molar-refractivity contribution in [2.45, 2.75) is 59.9 Å². The number of imidazole rings is 1. The van der Waals surface area contributed by atoms with Crippen LogP contribution < -0.4 is 0 Å². The zero-order valence-corrected chi connectivity index (χ0v) is 14.8. The number of aryl methyl sites for hydroxylation is 2. The van der Waals surface area contributed by atoms with Gasteiger partial charge in [0.2, 0.25) is 0 Å². The van der Waals surface area contributed by atoms with Gasteiger partial charge in [0.15, 0.2) is 5.65 Å². The molecule has 0 unspecified atom stereocenters. The van der Waals surface area contributed by atoms with Crippen LogP contribution >= 0.6 is 11.6 Å². The van der Waals surface area contributed by atoms with E-state index < -0.39 is 0 Å². The summed E-state index contributed by atoms with van der Waals surface area (Å²) in [6, 6.07) is 2.10. The van der Waals surface area contributed by atoms with Crippen LogP contribution in [0.5, 0.6) is 0 Å². The number of nitrogens with zero attached hydrogens (tertiary/aromatic N) is 3. The van der Waals surface area contributed by atoms with Gasteiger partial charge in [-0.25, -0.2) is 9.97 Å². The maximum atomic E-state index is 5.98. The number of pyridine rings is 1. The van der Waals surface area contributed by atoms with Crippen molar-refractivity contribution in [2.75, 3.05) is 5.88 Å². The lowest BCUT2D eigenvalue weighted by molar-refractivity contribution is 0.214. The molecule has 0 fully saturated rings. The number of aromatic nitrogens is 3. The molecule has 0 saturated carbocycles. The van der Waals surface area contributed by atoms with Crippen LogP contribution in [0.15, 0.2) is 12.3 Å². The Balaban J connectivity index is 2.61. The number of alkyl halides is 1. The Labute approximate surface area is 132 Å². The van der Waals surface area contributed by atoms with Crippen LogP contribution in [0.4, 0.5) is 0 Å². The fourth-order valence-electron chi connectivity index (χ4n) is 3.38. The molecule has 2 aromatic heterocycles. The third-order valence-corrected chi connectivity index (χ3v) is 3.78. The molecule has 2 heterocycles. The summed E-state index contributed by atoms with van der Waals surface area (Å²) in [4.78, 5) is 9.41. The van der Waals surface area contributed by atoms with E-state index in [0.29, 0.717) is 5.88 Å². The van der Waals surface area contributed by atoms with Gasteiger partial charge >= 0.3 is 0 Å². The molecule has 0 aliphatic rings. The van der Waals surface area contributed by atoms with Crippen molar-refractivity contribution in [2.24, 2.45) is 5.41 Å². The lowest BCUT2D eigenvalue weighted by atomic mass is 9.81. The Kier molecular flexibility index (Phi) is 4.34. The van der Waals surface area contributed by atoms with Crippen LogP contribution in [0.2, 0.25) is 0 Å². The highest BCUT2D eigenvalue weighted by Crippen LogP contribution is 2.35. The van der Waals surface area contributed by atoms with Crippen molar-refractivity contribution in [3.63, 3.8) is 0 Å². The van der Waals surface area contributed by atoms with E-state index in [0.717, 1.165) is 35.4 Å². The topological polar surface area (TPSA) is 30.7 Å². The van der Waals surface area contributed by atoms with Crippen LogP contribution in [0.25, 0.3) is 11.2 Å². The molecule has 21 heavy (non-hydrogen) atoms. The number of rotatable bonds is 4. The van der Waals surface area contributed by atoms with Gasteiger partial charge in [-0.2, -0.15) is 0 Å². The van der Waals surface area contributed by atoms with E-state index in [1.807, 2.05) is 13.1 Å². The summed E-state index contributed by atoms with van der Waals surface area (Å²) in [5.41, 5.74) is 3.27. The minimum atomic E-state index is -0.0450. The molecule has 116 valence electrons. The van der Waals surface area contributed by atoms with Gasteiger partial charge in [-0.15, -0.1) is 11.6 Å². The fourth-order valence-corrected chi connectivity index (χ4v) is 3.55. The quantitative estimate of drug-likeness (QED) is 0.767. The summed E-state index contributed by atoms with van der Waals surface area (Å²) < 4.78 is 2.29. The van der Waals surface area contributed by atoms with Crippen LogP contribution in [0.3, 0.4) is 0 Å². The van der Waals surface area contributed by atoms with Gasteiger partial charge in [0.25, 0.3) is 0 Å². The average molecular weight is 308 g/mol. The highest BCUT2D eigenvalue weighted by atomic mass is 35.5. The molecule has 0 bridgehead atoms. The molecule has 2 aromatic rings. The van der Waals surface area contributed by atoms with E-state index in [1.54, 1.807) is 0 Å². The predicted molar refractivity (Wildman–Crippen MR) is 90.1 cm³/mol. The molecule has 3 nitrogen and oxygen atoms in total. The number of fused-ring (bicyclic) bond motifs is 1. The number of halogens is 1. The van der Waals surface area contributed by atoms with Crippen molar-refractivity contribution in [3.8, 4) is 0 Å². The highest BCUT2D eigenvalue weighted by molar-refractivity contribution is 6.17. The largest absolute Gasteiger partial charge is 0.307 e. The standard InChI is InChI=1S/C17H26ClN3/c1-12-9-13-15(19-10-12)21(14(20-13)7-8-18)17(5,6)11-16(2,3)4/h9-10H,7-8,11H2,1-6H3.